The number of rotatable bonds is 7. The highest BCUT2D eigenvalue weighted by atomic mass is 16.6. The molecule has 0 aliphatic carbocycles. The summed E-state index contributed by atoms with van der Waals surface area (Å²) < 4.78 is 11.8. The zero-order valence-electron chi connectivity index (χ0n) is 20.1. The summed E-state index contributed by atoms with van der Waals surface area (Å²) in [6.45, 7) is 3.61. The second-order valence-corrected chi connectivity index (χ2v) is 8.32. The topological polar surface area (TPSA) is 165 Å². The van der Waals surface area contributed by atoms with Crippen LogP contribution in [0.15, 0.2) is 30.3 Å². The van der Waals surface area contributed by atoms with E-state index in [0.29, 0.717) is 30.2 Å². The van der Waals surface area contributed by atoms with E-state index >= 15 is 0 Å². The van der Waals surface area contributed by atoms with E-state index in [1.807, 2.05) is 0 Å². The Labute approximate surface area is 206 Å². The van der Waals surface area contributed by atoms with Gasteiger partial charge in [-0.15, -0.1) is 5.10 Å². The number of amides is 2. The minimum atomic E-state index is -1.21. The molecular formula is C23H27N7O6. The number of ether oxygens (including phenoxy) is 2. The summed E-state index contributed by atoms with van der Waals surface area (Å²) in [6.07, 6.45) is -1.29. The molecule has 3 heterocycles. The second-order valence-electron chi connectivity index (χ2n) is 8.32. The summed E-state index contributed by atoms with van der Waals surface area (Å²) in [5, 5.41) is 33.1. The van der Waals surface area contributed by atoms with Crippen LogP contribution < -0.4 is 10.1 Å². The van der Waals surface area contributed by atoms with Crippen molar-refractivity contribution in [2.75, 3.05) is 25.6 Å². The summed E-state index contributed by atoms with van der Waals surface area (Å²) in [6, 6.07) is 8.14. The molecule has 0 bridgehead atoms. The maximum atomic E-state index is 13.2. The van der Waals surface area contributed by atoms with Gasteiger partial charge in [0, 0.05) is 13.1 Å². The summed E-state index contributed by atoms with van der Waals surface area (Å²) in [4.78, 5) is 31.3. The van der Waals surface area contributed by atoms with E-state index in [2.05, 4.69) is 25.8 Å². The Kier molecular flexibility index (Phi) is 7.41. The summed E-state index contributed by atoms with van der Waals surface area (Å²) in [5.41, 5.74) is 2.42. The smallest absolute Gasteiger partial charge is 0.412 e. The molecule has 2 atom stereocenters. The highest BCUT2D eigenvalue weighted by Crippen LogP contribution is 2.29. The van der Waals surface area contributed by atoms with Gasteiger partial charge in [-0.1, -0.05) is 6.07 Å². The van der Waals surface area contributed by atoms with Gasteiger partial charge < -0.3 is 29.9 Å². The molecule has 2 aromatic heterocycles. The predicted octanol–water partition coefficient (Wildman–Crippen LogP) is 1.38. The Morgan fingerprint density at radius 3 is 2.75 bits per heavy atom. The number of aliphatic hydroxyl groups excluding tert-OH is 2. The van der Waals surface area contributed by atoms with Gasteiger partial charge in [0.2, 0.25) is 5.82 Å². The number of nitrogens with zero attached hydrogens (tertiary/aromatic N) is 6. The van der Waals surface area contributed by atoms with E-state index in [4.69, 9.17) is 9.47 Å². The molecule has 1 aliphatic rings. The lowest BCUT2D eigenvalue weighted by atomic mass is 9.96. The number of carbonyl (C=O) groups is 2. The van der Waals surface area contributed by atoms with Crippen LogP contribution in [0.4, 0.5) is 10.6 Å². The molecule has 0 spiro atoms. The Morgan fingerprint density at radius 1 is 1.22 bits per heavy atom. The maximum Gasteiger partial charge on any atom is 0.412 e. The first kappa shape index (κ1) is 25.0. The van der Waals surface area contributed by atoms with Gasteiger partial charge in [-0.2, -0.15) is 0 Å². The summed E-state index contributed by atoms with van der Waals surface area (Å²) >= 11 is 0. The Balaban J connectivity index is 1.57. The third-order valence-corrected chi connectivity index (χ3v) is 5.70. The number of aromatic nitrogens is 5. The molecule has 1 aliphatic heterocycles. The van der Waals surface area contributed by atoms with Gasteiger partial charge in [-0.3, -0.25) is 4.79 Å². The summed E-state index contributed by atoms with van der Waals surface area (Å²) in [5.74, 6) is 0.559. The van der Waals surface area contributed by atoms with Crippen molar-refractivity contribution in [1.82, 2.24) is 30.1 Å². The predicted molar refractivity (Wildman–Crippen MR) is 126 cm³/mol. The van der Waals surface area contributed by atoms with Crippen molar-refractivity contribution in [1.29, 1.82) is 0 Å². The Hall–Kier alpha value is -4.10. The molecule has 3 N–H and O–H groups in total. The van der Waals surface area contributed by atoms with Crippen molar-refractivity contribution in [3.8, 4) is 17.3 Å². The summed E-state index contributed by atoms with van der Waals surface area (Å²) in [7, 11) is 1.48. The highest BCUT2D eigenvalue weighted by Gasteiger charge is 2.26. The molecule has 36 heavy (non-hydrogen) atoms. The van der Waals surface area contributed by atoms with E-state index in [-0.39, 0.29) is 30.6 Å². The van der Waals surface area contributed by atoms with E-state index in [0.717, 1.165) is 11.1 Å². The van der Waals surface area contributed by atoms with Crippen molar-refractivity contribution in [2.45, 2.75) is 39.1 Å². The zero-order chi connectivity index (χ0) is 25.8. The van der Waals surface area contributed by atoms with Gasteiger partial charge in [0.15, 0.2) is 6.29 Å². The first-order valence-electron chi connectivity index (χ1n) is 11.3. The molecule has 13 heteroatoms. The van der Waals surface area contributed by atoms with E-state index in [1.54, 1.807) is 37.3 Å². The number of carbonyl (C=O) groups excluding carboxylic acids is 2. The highest BCUT2D eigenvalue weighted by molar-refractivity contribution is 6.06. The number of fused-ring (bicyclic) bond motifs is 1. The largest absolute Gasteiger partial charge is 0.496 e. The fourth-order valence-corrected chi connectivity index (χ4v) is 3.86. The number of pyridine rings is 1. The van der Waals surface area contributed by atoms with Crippen molar-refractivity contribution in [3.05, 3.63) is 47.0 Å². The van der Waals surface area contributed by atoms with E-state index in [1.165, 1.54) is 23.6 Å². The van der Waals surface area contributed by atoms with Crippen LogP contribution in [0.5, 0.6) is 5.75 Å². The van der Waals surface area contributed by atoms with Crippen molar-refractivity contribution >= 4 is 17.8 Å². The number of anilines is 1. The minimum Gasteiger partial charge on any atom is -0.496 e. The Bertz CT molecular complexity index is 1260. The standard InChI is InChI=1S/C23H27N7O6/c1-13(12-31)30-21(26-27-28-30)18-5-4-6-20(24-18)25-22(33)17-9-16-11-29(23(34)36-14(2)32)8-7-15(16)10-19(17)35-3/h4-6,9-10,13-14,31-32H,7-8,11-12H2,1-3H3,(H,24,25,33)/t13-,14-/m1/s1. The molecule has 13 nitrogen and oxygen atoms in total. The van der Waals surface area contributed by atoms with Gasteiger partial charge in [-0.05, 0) is 66.1 Å². The van der Waals surface area contributed by atoms with Crippen LogP contribution >= 0.6 is 0 Å². The number of methoxy groups -OCH3 is 1. The molecule has 3 aromatic rings. The maximum absolute atomic E-state index is 13.2. The van der Waals surface area contributed by atoms with E-state index in [9.17, 15) is 19.8 Å². The average molecular weight is 498 g/mol. The van der Waals surface area contributed by atoms with Crippen LogP contribution in [0.3, 0.4) is 0 Å². The van der Waals surface area contributed by atoms with Crippen LogP contribution in [-0.4, -0.2) is 78.9 Å². The fourth-order valence-electron chi connectivity index (χ4n) is 3.86. The minimum absolute atomic E-state index is 0.152. The first-order chi connectivity index (χ1) is 17.3. The lowest BCUT2D eigenvalue weighted by Crippen LogP contribution is -2.38. The van der Waals surface area contributed by atoms with Crippen molar-refractivity contribution in [2.24, 2.45) is 0 Å². The van der Waals surface area contributed by atoms with Gasteiger partial charge >= 0.3 is 6.09 Å². The SMILES string of the molecule is COc1cc2c(cc1C(=O)Nc1cccc(-c3nnnn3[C@H](C)CO)n1)CN(C(=O)O[C@H](C)O)CC2. The fraction of sp³-hybridized carbons (Fsp3) is 0.391. The number of aliphatic hydroxyl groups is 2. The average Bonchev–Trinajstić information content (AvgIpc) is 3.37. The molecule has 4 rings (SSSR count). The monoisotopic (exact) mass is 497 g/mol. The van der Waals surface area contributed by atoms with Crippen LogP contribution in [0.25, 0.3) is 11.5 Å². The van der Waals surface area contributed by atoms with Gasteiger partial charge in [0.05, 0.1) is 25.3 Å². The van der Waals surface area contributed by atoms with Crippen LogP contribution in [-0.2, 0) is 17.7 Å². The molecule has 0 unspecified atom stereocenters. The Morgan fingerprint density at radius 2 is 2.03 bits per heavy atom. The van der Waals surface area contributed by atoms with Crippen LogP contribution in [0.2, 0.25) is 0 Å². The molecule has 0 saturated carbocycles. The molecule has 1 aromatic carbocycles. The van der Waals surface area contributed by atoms with E-state index < -0.39 is 18.3 Å². The van der Waals surface area contributed by atoms with Gasteiger partial charge in [-0.25, -0.2) is 14.5 Å². The lowest BCUT2D eigenvalue weighted by Gasteiger charge is -2.29. The first-order valence-corrected chi connectivity index (χ1v) is 11.3. The molecule has 0 radical (unpaired) electrons. The van der Waals surface area contributed by atoms with Crippen LogP contribution in [0.1, 0.15) is 41.4 Å². The third-order valence-electron chi connectivity index (χ3n) is 5.70. The molecule has 0 saturated heterocycles. The zero-order valence-corrected chi connectivity index (χ0v) is 20.1. The van der Waals surface area contributed by atoms with Crippen molar-refractivity contribution < 1.29 is 29.3 Å². The quantitative estimate of drug-likeness (QED) is 0.406. The lowest BCUT2D eigenvalue weighted by molar-refractivity contribution is -0.0519. The van der Waals surface area contributed by atoms with Gasteiger partial charge in [0.1, 0.15) is 17.3 Å². The number of nitrogens with one attached hydrogen (secondary N) is 1. The molecule has 2 amide bonds. The van der Waals surface area contributed by atoms with Crippen LogP contribution in [0, 0.1) is 0 Å². The number of tetrazole rings is 1. The number of hydrogen-bond donors (Lipinski definition) is 3. The molecule has 190 valence electrons. The normalized spacial score (nSPS) is 14.5. The third kappa shape index (κ3) is 5.26. The number of hydrogen-bond acceptors (Lipinski definition) is 10. The van der Waals surface area contributed by atoms with Crippen molar-refractivity contribution in [3.63, 3.8) is 0 Å². The van der Waals surface area contributed by atoms with Gasteiger partial charge in [0.25, 0.3) is 5.91 Å². The number of benzene rings is 1. The molecule has 0 fully saturated rings. The second kappa shape index (κ2) is 10.7. The molecular weight excluding hydrogens is 470 g/mol.